The van der Waals surface area contributed by atoms with Crippen LogP contribution in [0, 0.1) is 23.0 Å². The van der Waals surface area contributed by atoms with Crippen LogP contribution >= 0.6 is 0 Å². The highest BCUT2D eigenvalue weighted by atomic mass is 19.1. The molecule has 3 rings (SSSR count). The predicted octanol–water partition coefficient (Wildman–Crippen LogP) is 4.76. The second-order valence-electron chi connectivity index (χ2n) is 5.01. The number of aromatic nitrogens is 1. The molecule has 0 saturated carbocycles. The summed E-state index contributed by atoms with van der Waals surface area (Å²) in [6, 6.07) is 16.3. The number of nitriles is 1. The van der Waals surface area contributed by atoms with Crippen LogP contribution in [0.4, 0.5) is 8.78 Å². The Balaban J connectivity index is 2.21. The summed E-state index contributed by atoms with van der Waals surface area (Å²) in [7, 11) is 0. The van der Waals surface area contributed by atoms with E-state index in [0.29, 0.717) is 27.9 Å². The average molecular weight is 306 g/mol. The van der Waals surface area contributed by atoms with Gasteiger partial charge in [0, 0.05) is 28.5 Å². The molecule has 0 atom stereocenters. The Morgan fingerprint density at radius 3 is 2.09 bits per heavy atom. The van der Waals surface area contributed by atoms with Crippen LogP contribution in [0.3, 0.4) is 0 Å². The molecule has 4 heteroatoms. The fraction of sp³-hybridized carbons (Fsp3) is 0.0526. The molecule has 3 aromatic rings. The van der Waals surface area contributed by atoms with Gasteiger partial charge in [0.05, 0.1) is 18.2 Å². The molecule has 0 fully saturated rings. The van der Waals surface area contributed by atoms with Crippen LogP contribution < -0.4 is 0 Å². The summed E-state index contributed by atoms with van der Waals surface area (Å²) in [6.45, 7) is 0. The largest absolute Gasteiger partial charge is 0.259 e. The Bertz CT molecular complexity index is 898. The number of hydrogen-bond acceptors (Lipinski definition) is 2. The van der Waals surface area contributed by atoms with Crippen LogP contribution in [0.15, 0.2) is 60.8 Å². The van der Waals surface area contributed by atoms with Crippen molar-refractivity contribution in [3.63, 3.8) is 0 Å². The van der Waals surface area contributed by atoms with Crippen LogP contribution in [-0.2, 0) is 6.42 Å². The first-order valence-corrected chi connectivity index (χ1v) is 7.06. The van der Waals surface area contributed by atoms with Gasteiger partial charge in [0.1, 0.15) is 11.6 Å². The molecule has 0 bridgehead atoms. The Kier molecular flexibility index (Phi) is 4.11. The summed E-state index contributed by atoms with van der Waals surface area (Å²) in [5.74, 6) is -0.777. The van der Waals surface area contributed by atoms with Gasteiger partial charge < -0.3 is 0 Å². The fourth-order valence-corrected chi connectivity index (χ4v) is 2.46. The lowest BCUT2D eigenvalue weighted by molar-refractivity contribution is 0.631. The van der Waals surface area contributed by atoms with E-state index < -0.39 is 5.82 Å². The summed E-state index contributed by atoms with van der Waals surface area (Å²) in [4.78, 5) is 4.25. The second kappa shape index (κ2) is 6.37. The zero-order chi connectivity index (χ0) is 16.2. The fourth-order valence-electron chi connectivity index (χ4n) is 2.46. The van der Waals surface area contributed by atoms with Crippen molar-refractivity contribution in [1.82, 2.24) is 4.98 Å². The molecule has 0 amide bonds. The minimum absolute atomic E-state index is 0.0568. The molecule has 0 saturated heterocycles. The lowest BCUT2D eigenvalue weighted by Gasteiger charge is -2.11. The molecule has 0 N–H and O–H groups in total. The monoisotopic (exact) mass is 306 g/mol. The summed E-state index contributed by atoms with van der Waals surface area (Å²) in [5, 5.41) is 8.95. The molecule has 2 aromatic carbocycles. The van der Waals surface area contributed by atoms with Crippen molar-refractivity contribution in [2.24, 2.45) is 0 Å². The highest BCUT2D eigenvalue weighted by Crippen LogP contribution is 2.31. The van der Waals surface area contributed by atoms with E-state index in [1.807, 2.05) is 6.07 Å². The molecule has 2 nitrogen and oxygen atoms in total. The zero-order valence-corrected chi connectivity index (χ0v) is 12.1. The molecule has 0 unspecified atom stereocenters. The number of benzene rings is 2. The van der Waals surface area contributed by atoms with Gasteiger partial charge >= 0.3 is 0 Å². The minimum atomic E-state index is -0.404. The zero-order valence-electron chi connectivity index (χ0n) is 12.1. The Morgan fingerprint density at radius 1 is 0.870 bits per heavy atom. The third-order valence-electron chi connectivity index (χ3n) is 3.57. The van der Waals surface area contributed by atoms with Crippen molar-refractivity contribution in [3.8, 4) is 28.3 Å². The first kappa shape index (κ1) is 14.9. The van der Waals surface area contributed by atoms with Crippen molar-refractivity contribution >= 4 is 0 Å². The Morgan fingerprint density at radius 2 is 1.48 bits per heavy atom. The summed E-state index contributed by atoms with van der Waals surface area (Å²) >= 11 is 0. The molecule has 1 heterocycles. The first-order chi connectivity index (χ1) is 11.2. The Labute approximate surface area is 132 Å². The van der Waals surface area contributed by atoms with Gasteiger partial charge in [0.2, 0.25) is 0 Å². The van der Waals surface area contributed by atoms with E-state index in [2.05, 4.69) is 4.98 Å². The highest BCUT2D eigenvalue weighted by molar-refractivity contribution is 5.74. The second-order valence-corrected chi connectivity index (χ2v) is 5.01. The van der Waals surface area contributed by atoms with Gasteiger partial charge in [-0.3, -0.25) is 4.98 Å². The van der Waals surface area contributed by atoms with Crippen LogP contribution in [0.2, 0.25) is 0 Å². The van der Waals surface area contributed by atoms with E-state index in [4.69, 9.17) is 5.26 Å². The van der Waals surface area contributed by atoms with Gasteiger partial charge in [-0.25, -0.2) is 8.78 Å². The smallest absolute Gasteiger partial charge is 0.131 e. The maximum atomic E-state index is 14.1. The Hall–Kier alpha value is -3.06. The first-order valence-electron chi connectivity index (χ1n) is 7.06. The van der Waals surface area contributed by atoms with Crippen LogP contribution in [-0.4, -0.2) is 4.98 Å². The molecule has 112 valence electrons. The van der Waals surface area contributed by atoms with Crippen molar-refractivity contribution < 1.29 is 8.78 Å². The van der Waals surface area contributed by atoms with Gasteiger partial charge in [0.25, 0.3) is 0 Å². The van der Waals surface area contributed by atoms with E-state index in [9.17, 15) is 8.78 Å². The summed E-state index contributed by atoms with van der Waals surface area (Å²) in [6.07, 6.45) is 1.57. The number of halogens is 2. The van der Waals surface area contributed by atoms with Crippen LogP contribution in [0.1, 0.15) is 5.69 Å². The normalized spacial score (nSPS) is 10.3. The van der Waals surface area contributed by atoms with E-state index in [1.54, 1.807) is 42.5 Å². The third-order valence-corrected chi connectivity index (χ3v) is 3.57. The molecule has 0 radical (unpaired) electrons. The minimum Gasteiger partial charge on any atom is -0.259 e. The molecule has 0 aliphatic rings. The maximum absolute atomic E-state index is 14.1. The lowest BCUT2D eigenvalue weighted by atomic mass is 9.97. The van der Waals surface area contributed by atoms with E-state index in [-0.39, 0.29) is 12.2 Å². The number of nitrogens with zero attached hydrogens (tertiary/aromatic N) is 2. The number of pyridine rings is 1. The average Bonchev–Trinajstić information content (AvgIpc) is 2.57. The van der Waals surface area contributed by atoms with Crippen molar-refractivity contribution in [1.29, 1.82) is 5.26 Å². The number of hydrogen-bond donors (Lipinski definition) is 0. The number of rotatable bonds is 3. The molecule has 1 aromatic heterocycles. The van der Waals surface area contributed by atoms with Gasteiger partial charge in [0.15, 0.2) is 0 Å². The third kappa shape index (κ3) is 2.95. The predicted molar refractivity (Wildman–Crippen MR) is 84.3 cm³/mol. The summed E-state index contributed by atoms with van der Waals surface area (Å²) in [5.41, 5.74) is 2.26. The topological polar surface area (TPSA) is 36.7 Å². The molecule has 0 spiro atoms. The quantitative estimate of drug-likeness (QED) is 0.699. The van der Waals surface area contributed by atoms with Crippen LogP contribution in [0.25, 0.3) is 22.3 Å². The lowest BCUT2D eigenvalue weighted by Crippen LogP contribution is -1.97. The van der Waals surface area contributed by atoms with Gasteiger partial charge in [-0.15, -0.1) is 0 Å². The van der Waals surface area contributed by atoms with Gasteiger partial charge in [-0.05, 0) is 18.2 Å². The highest BCUT2D eigenvalue weighted by Gasteiger charge is 2.13. The molecular formula is C19H12F2N2. The van der Waals surface area contributed by atoms with E-state index in [0.717, 1.165) is 0 Å². The van der Waals surface area contributed by atoms with Crippen molar-refractivity contribution in [2.45, 2.75) is 6.42 Å². The van der Waals surface area contributed by atoms with E-state index in [1.165, 1.54) is 18.3 Å². The molecule has 0 aliphatic heterocycles. The standard InChI is InChI=1S/C19H12F2N2/c20-17-7-3-1-5-14(17)13-11-16(19(9-10-22)23-12-13)15-6-2-4-8-18(15)21/h1-8,11-12H,9H2. The van der Waals surface area contributed by atoms with Crippen LogP contribution in [0.5, 0.6) is 0 Å². The maximum Gasteiger partial charge on any atom is 0.131 e. The van der Waals surface area contributed by atoms with E-state index >= 15 is 0 Å². The molecule has 23 heavy (non-hydrogen) atoms. The van der Waals surface area contributed by atoms with Gasteiger partial charge in [-0.1, -0.05) is 36.4 Å². The van der Waals surface area contributed by atoms with Crippen molar-refractivity contribution in [2.75, 3.05) is 0 Å². The molecule has 0 aliphatic carbocycles. The van der Waals surface area contributed by atoms with Gasteiger partial charge in [-0.2, -0.15) is 5.26 Å². The summed E-state index contributed by atoms with van der Waals surface area (Å²) < 4.78 is 28.1. The molecular weight excluding hydrogens is 294 g/mol. The van der Waals surface area contributed by atoms with Crippen molar-refractivity contribution in [3.05, 3.63) is 78.1 Å². The SMILES string of the molecule is N#CCc1ncc(-c2ccccc2F)cc1-c1ccccc1F.